The largest absolute Gasteiger partial charge is 0.479 e. The van der Waals surface area contributed by atoms with Gasteiger partial charge in [0.25, 0.3) is 0 Å². The molecular weight excluding hydrogens is 451 g/mol. The molecule has 0 bridgehead atoms. The Morgan fingerprint density at radius 1 is 1.26 bits per heavy atom. The average Bonchev–Trinajstić information content (AvgIpc) is 3.45. The molecule has 35 heavy (non-hydrogen) atoms. The van der Waals surface area contributed by atoms with Crippen molar-refractivity contribution in [2.45, 2.75) is 38.1 Å². The lowest BCUT2D eigenvalue weighted by Gasteiger charge is -2.36. The Labute approximate surface area is 199 Å². The lowest BCUT2D eigenvalue weighted by molar-refractivity contribution is -0.129. The summed E-state index contributed by atoms with van der Waals surface area (Å²) in [5, 5.41) is 17.6. The lowest BCUT2D eigenvalue weighted by Crippen LogP contribution is -2.45. The van der Waals surface area contributed by atoms with Crippen molar-refractivity contribution in [3.8, 4) is 17.4 Å². The molecule has 0 unspecified atom stereocenters. The molecule has 2 N–H and O–H groups in total. The number of aryl methyl sites for hydroxylation is 2. The van der Waals surface area contributed by atoms with E-state index in [0.717, 1.165) is 53.7 Å². The molecule has 178 valence electrons. The number of carbonyl (C=O) groups is 1. The number of fused-ring (bicyclic) bond motifs is 2. The van der Waals surface area contributed by atoms with E-state index in [1.165, 1.54) is 0 Å². The fourth-order valence-corrected chi connectivity index (χ4v) is 4.97. The van der Waals surface area contributed by atoms with Crippen LogP contribution in [-0.2, 0) is 17.6 Å². The van der Waals surface area contributed by atoms with Crippen molar-refractivity contribution in [1.82, 2.24) is 34.4 Å². The maximum Gasteiger partial charge on any atom is 0.314 e. The molecule has 11 heteroatoms. The number of aromatic nitrogens is 6. The molecular formula is C24H23FN8O2. The van der Waals surface area contributed by atoms with Crippen molar-refractivity contribution in [3.05, 3.63) is 59.4 Å². The van der Waals surface area contributed by atoms with Crippen LogP contribution in [0.2, 0.25) is 0 Å². The first-order chi connectivity index (χ1) is 16.9. The topological polar surface area (TPSA) is 121 Å². The second-order valence-electron chi connectivity index (χ2n) is 9.18. The summed E-state index contributed by atoms with van der Waals surface area (Å²) in [4.78, 5) is 31.1. The summed E-state index contributed by atoms with van der Waals surface area (Å²) in [6.45, 7) is 3.00. The first-order valence-electron chi connectivity index (χ1n) is 11.5. The van der Waals surface area contributed by atoms with Crippen molar-refractivity contribution in [2.75, 3.05) is 18.4 Å². The Bertz CT molecular complexity index is 1440. The van der Waals surface area contributed by atoms with Gasteiger partial charge in [-0.2, -0.15) is 4.98 Å². The van der Waals surface area contributed by atoms with Gasteiger partial charge >= 0.3 is 6.01 Å². The van der Waals surface area contributed by atoms with Crippen LogP contribution in [0, 0.1) is 12.7 Å². The van der Waals surface area contributed by atoms with Gasteiger partial charge in [-0.3, -0.25) is 4.79 Å². The number of hydrogen-bond acceptors (Lipinski definition) is 8. The average molecular weight is 475 g/mol. The monoisotopic (exact) mass is 474 g/mol. The van der Waals surface area contributed by atoms with E-state index in [0.29, 0.717) is 18.9 Å². The molecule has 2 aliphatic heterocycles. The third-order valence-corrected chi connectivity index (χ3v) is 6.86. The van der Waals surface area contributed by atoms with Crippen LogP contribution >= 0.6 is 0 Å². The number of hydrogen-bond donors (Lipinski definition) is 2. The van der Waals surface area contributed by atoms with Crippen LogP contribution in [0.4, 0.5) is 10.2 Å². The molecule has 1 fully saturated rings. The number of rotatable bonds is 3. The number of likely N-dealkylation sites (tertiary alicyclic amines) is 1. The van der Waals surface area contributed by atoms with Gasteiger partial charge in [0.15, 0.2) is 17.3 Å². The first kappa shape index (κ1) is 21.4. The number of halogens is 1. The van der Waals surface area contributed by atoms with Crippen LogP contribution in [0.15, 0.2) is 36.7 Å². The van der Waals surface area contributed by atoms with Crippen LogP contribution in [0.5, 0.6) is 6.01 Å². The second kappa shape index (κ2) is 7.97. The number of amides is 1. The molecule has 0 aromatic carbocycles. The van der Waals surface area contributed by atoms with E-state index in [9.17, 15) is 14.3 Å². The highest BCUT2D eigenvalue weighted by Gasteiger charge is 2.42. The van der Waals surface area contributed by atoms with E-state index in [4.69, 9.17) is 4.98 Å². The number of pyridine rings is 2. The summed E-state index contributed by atoms with van der Waals surface area (Å²) in [5.41, 5.74) is 3.23. The Morgan fingerprint density at radius 3 is 3.00 bits per heavy atom. The fourth-order valence-electron chi connectivity index (χ4n) is 4.97. The molecule has 1 atom stereocenters. The third-order valence-electron chi connectivity index (χ3n) is 6.86. The minimum atomic E-state index is -0.703. The Balaban J connectivity index is 1.20. The highest BCUT2D eigenvalue weighted by Crippen LogP contribution is 2.38. The van der Waals surface area contributed by atoms with Crippen LogP contribution in [0.3, 0.4) is 0 Å². The maximum atomic E-state index is 13.9. The fraction of sp³-hybridized carbons (Fsp3) is 0.333. The van der Waals surface area contributed by atoms with Crippen molar-refractivity contribution in [1.29, 1.82) is 0 Å². The lowest BCUT2D eigenvalue weighted by atomic mass is 9.86. The highest BCUT2D eigenvalue weighted by atomic mass is 19.1. The zero-order chi connectivity index (χ0) is 24.2. The van der Waals surface area contributed by atoms with Crippen LogP contribution in [0.1, 0.15) is 29.8 Å². The van der Waals surface area contributed by atoms with Gasteiger partial charge in [-0.25, -0.2) is 23.9 Å². The smallest absolute Gasteiger partial charge is 0.314 e. The molecule has 1 saturated heterocycles. The Kier molecular flexibility index (Phi) is 4.87. The van der Waals surface area contributed by atoms with E-state index in [2.05, 4.69) is 31.4 Å². The maximum absolute atomic E-state index is 13.9. The van der Waals surface area contributed by atoms with Crippen molar-refractivity contribution in [2.24, 2.45) is 0 Å². The minimum Gasteiger partial charge on any atom is -0.479 e. The van der Waals surface area contributed by atoms with Crippen molar-refractivity contribution in [3.63, 3.8) is 0 Å². The van der Waals surface area contributed by atoms with E-state index in [1.54, 1.807) is 9.42 Å². The van der Waals surface area contributed by atoms with Crippen molar-refractivity contribution >= 4 is 17.4 Å². The Morgan fingerprint density at radius 2 is 2.14 bits per heavy atom. The Hall–Kier alpha value is -4.15. The molecule has 10 nitrogen and oxygen atoms in total. The van der Waals surface area contributed by atoms with Crippen molar-refractivity contribution < 1.29 is 14.3 Å². The molecule has 1 spiro atoms. The molecule has 4 aromatic rings. The quantitative estimate of drug-likeness (QED) is 0.464. The zero-order valence-electron chi connectivity index (χ0n) is 19.1. The molecule has 6 heterocycles. The molecule has 0 saturated carbocycles. The summed E-state index contributed by atoms with van der Waals surface area (Å²) < 4.78 is 15.7. The number of nitrogens with one attached hydrogen (secondary N) is 1. The van der Waals surface area contributed by atoms with E-state index in [1.807, 2.05) is 31.3 Å². The standard InChI is InChI=1S/C24H23FN8O2/c1-14-16(22-29-19-4-2-3-8-33(19)31-22)10-15-5-6-24(30-21(15)27-14)7-9-32(13-24)20(34)11-18-17(25)12-26-23(35)28-18/h2-4,8,10,12H,5-7,9,11,13H2,1H3,(H,27,30)(H,26,28,35)/t24-/m0/s1. The molecule has 0 radical (unpaired) electrons. The van der Waals surface area contributed by atoms with Crippen LogP contribution in [-0.4, -0.2) is 64.1 Å². The summed E-state index contributed by atoms with van der Waals surface area (Å²) >= 11 is 0. The summed E-state index contributed by atoms with van der Waals surface area (Å²) in [6.07, 6.45) is 4.95. The van der Waals surface area contributed by atoms with E-state index < -0.39 is 11.8 Å². The predicted octanol–water partition coefficient (Wildman–Crippen LogP) is 2.31. The van der Waals surface area contributed by atoms with Gasteiger partial charge in [0.05, 0.1) is 29.5 Å². The minimum absolute atomic E-state index is 0.101. The van der Waals surface area contributed by atoms with Gasteiger partial charge < -0.3 is 15.3 Å². The predicted molar refractivity (Wildman–Crippen MR) is 124 cm³/mol. The van der Waals surface area contributed by atoms with Gasteiger partial charge in [-0.05, 0) is 49.9 Å². The number of nitrogens with zero attached hydrogens (tertiary/aromatic N) is 7. The first-order valence-corrected chi connectivity index (χ1v) is 11.5. The SMILES string of the molecule is Cc1nc2c(cc1-c1nc3ccccn3n1)CC[C@@]1(CCN(C(=O)Cc3nc(O)ncc3F)C1)N2. The molecule has 6 rings (SSSR count). The highest BCUT2D eigenvalue weighted by molar-refractivity contribution is 5.79. The summed E-state index contributed by atoms with van der Waals surface area (Å²) in [5.74, 6) is 0.529. The van der Waals surface area contributed by atoms with Crippen LogP contribution < -0.4 is 5.32 Å². The van der Waals surface area contributed by atoms with Gasteiger partial charge in [-0.1, -0.05) is 6.07 Å². The van der Waals surface area contributed by atoms with E-state index >= 15 is 0 Å². The summed E-state index contributed by atoms with van der Waals surface area (Å²) in [6, 6.07) is 7.32. The van der Waals surface area contributed by atoms with Gasteiger partial charge in [0, 0.05) is 24.8 Å². The van der Waals surface area contributed by atoms with Crippen LogP contribution in [0.25, 0.3) is 17.0 Å². The molecule has 1 amide bonds. The number of aromatic hydroxyl groups is 1. The van der Waals surface area contributed by atoms with E-state index in [-0.39, 0.29) is 23.6 Å². The zero-order valence-corrected chi connectivity index (χ0v) is 19.1. The van der Waals surface area contributed by atoms with Gasteiger partial charge in [-0.15, -0.1) is 5.10 Å². The number of anilines is 1. The molecule has 4 aromatic heterocycles. The molecule has 0 aliphatic carbocycles. The van der Waals surface area contributed by atoms with Gasteiger partial charge in [0.1, 0.15) is 5.82 Å². The van der Waals surface area contributed by atoms with Gasteiger partial charge in [0.2, 0.25) is 5.91 Å². The third kappa shape index (κ3) is 3.82. The molecule has 2 aliphatic rings. The second-order valence-corrected chi connectivity index (χ2v) is 9.18. The number of carbonyl (C=O) groups excluding carboxylic acids is 1. The summed E-state index contributed by atoms with van der Waals surface area (Å²) in [7, 11) is 0. The normalized spacial score (nSPS) is 19.2.